The number of aryl methyl sites for hydroxylation is 2. The molecule has 0 aliphatic carbocycles. The molecule has 8 heteroatoms. The molecule has 1 fully saturated rings. The predicted octanol–water partition coefficient (Wildman–Crippen LogP) is 3.05. The highest BCUT2D eigenvalue weighted by atomic mass is 35.5. The highest BCUT2D eigenvalue weighted by Crippen LogP contribution is 2.34. The number of amides is 3. The number of ether oxygens (including phenoxy) is 1. The molecule has 1 aromatic heterocycles. The summed E-state index contributed by atoms with van der Waals surface area (Å²) in [5, 5.41) is 7.51. The first-order chi connectivity index (χ1) is 12.3. The van der Waals surface area contributed by atoms with Gasteiger partial charge in [-0.1, -0.05) is 17.7 Å². The standard InChI is InChI=1S/C18H21ClN4O3/c1-9-15(10(2)22(4)21-9)11(3)23-17(24)16(20-18(23)25)12-6-7-14(26-5)13(19)8-12/h6-8,11,16H,1-5H3,(H,20,25). The lowest BCUT2D eigenvalue weighted by atomic mass is 10.0. The molecule has 1 aromatic carbocycles. The van der Waals surface area contributed by atoms with Gasteiger partial charge in [0, 0.05) is 18.3 Å². The fraction of sp³-hybridized carbons (Fsp3) is 0.389. The Kier molecular flexibility index (Phi) is 4.66. The molecule has 2 aromatic rings. The van der Waals surface area contributed by atoms with E-state index in [1.165, 1.54) is 12.0 Å². The minimum Gasteiger partial charge on any atom is -0.495 e. The van der Waals surface area contributed by atoms with Gasteiger partial charge < -0.3 is 10.1 Å². The number of halogens is 1. The number of nitrogens with one attached hydrogen (secondary N) is 1. The van der Waals surface area contributed by atoms with Crippen molar-refractivity contribution in [2.45, 2.75) is 32.9 Å². The van der Waals surface area contributed by atoms with E-state index in [4.69, 9.17) is 16.3 Å². The van der Waals surface area contributed by atoms with Crippen LogP contribution in [-0.4, -0.2) is 33.7 Å². The summed E-state index contributed by atoms with van der Waals surface area (Å²) >= 11 is 6.16. The number of hydrogen-bond acceptors (Lipinski definition) is 4. The number of carbonyl (C=O) groups excluding carboxylic acids is 2. The lowest BCUT2D eigenvalue weighted by molar-refractivity contribution is -0.129. The van der Waals surface area contributed by atoms with E-state index in [1.54, 1.807) is 22.9 Å². The quantitative estimate of drug-likeness (QED) is 0.832. The molecule has 1 aliphatic rings. The zero-order chi connectivity index (χ0) is 19.2. The number of aromatic nitrogens is 2. The average Bonchev–Trinajstić information content (AvgIpc) is 3.02. The monoisotopic (exact) mass is 376 g/mol. The SMILES string of the molecule is COc1ccc(C2NC(=O)N(C(C)c3c(C)nn(C)c3C)C2=O)cc1Cl. The van der Waals surface area contributed by atoms with Crippen molar-refractivity contribution in [1.82, 2.24) is 20.0 Å². The molecule has 2 atom stereocenters. The maximum absolute atomic E-state index is 13.0. The number of rotatable bonds is 4. The third-order valence-corrected chi connectivity index (χ3v) is 5.15. The molecule has 2 unspecified atom stereocenters. The van der Waals surface area contributed by atoms with Crippen molar-refractivity contribution in [1.29, 1.82) is 0 Å². The second-order valence-electron chi connectivity index (χ2n) is 6.37. The largest absolute Gasteiger partial charge is 0.495 e. The van der Waals surface area contributed by atoms with E-state index >= 15 is 0 Å². The summed E-state index contributed by atoms with van der Waals surface area (Å²) in [4.78, 5) is 26.7. The van der Waals surface area contributed by atoms with Crippen LogP contribution in [0.1, 0.15) is 41.5 Å². The van der Waals surface area contributed by atoms with E-state index in [1.807, 2.05) is 27.8 Å². The van der Waals surface area contributed by atoms with Gasteiger partial charge in [0.15, 0.2) is 0 Å². The van der Waals surface area contributed by atoms with E-state index in [0.29, 0.717) is 16.3 Å². The van der Waals surface area contributed by atoms with E-state index in [-0.39, 0.29) is 5.91 Å². The average molecular weight is 377 g/mol. The summed E-state index contributed by atoms with van der Waals surface area (Å²) in [5.41, 5.74) is 3.22. The normalized spacial score (nSPS) is 18.2. The first-order valence-electron chi connectivity index (χ1n) is 8.23. The van der Waals surface area contributed by atoms with Crippen molar-refractivity contribution < 1.29 is 14.3 Å². The molecule has 1 N–H and O–H groups in total. The topological polar surface area (TPSA) is 76.5 Å². The summed E-state index contributed by atoms with van der Waals surface area (Å²) in [7, 11) is 3.36. The summed E-state index contributed by atoms with van der Waals surface area (Å²) in [6.07, 6.45) is 0. The van der Waals surface area contributed by atoms with Crippen LogP contribution in [-0.2, 0) is 11.8 Å². The minimum atomic E-state index is -0.773. The first-order valence-corrected chi connectivity index (χ1v) is 8.61. The molecule has 0 radical (unpaired) electrons. The Bertz CT molecular complexity index is 893. The summed E-state index contributed by atoms with van der Waals surface area (Å²) < 4.78 is 6.88. The van der Waals surface area contributed by atoms with Gasteiger partial charge in [0.05, 0.1) is 23.9 Å². The van der Waals surface area contributed by atoms with E-state index in [0.717, 1.165) is 17.0 Å². The Hall–Kier alpha value is -2.54. The van der Waals surface area contributed by atoms with Gasteiger partial charge in [-0.25, -0.2) is 4.79 Å². The Balaban J connectivity index is 1.93. The number of imide groups is 1. The molecule has 0 saturated carbocycles. The lowest BCUT2D eigenvalue weighted by Gasteiger charge is -2.22. The highest BCUT2D eigenvalue weighted by Gasteiger charge is 2.43. The molecule has 7 nitrogen and oxygen atoms in total. The van der Waals surface area contributed by atoms with Crippen molar-refractivity contribution in [2.75, 3.05) is 7.11 Å². The molecule has 0 bridgehead atoms. The summed E-state index contributed by atoms with van der Waals surface area (Å²) in [6, 6.07) is 3.42. The fourth-order valence-corrected chi connectivity index (χ4v) is 3.74. The smallest absolute Gasteiger partial charge is 0.325 e. The van der Waals surface area contributed by atoms with Crippen molar-refractivity contribution in [3.05, 3.63) is 45.7 Å². The van der Waals surface area contributed by atoms with Crippen molar-refractivity contribution in [3.63, 3.8) is 0 Å². The molecule has 2 heterocycles. The van der Waals surface area contributed by atoms with Crippen LogP contribution in [0.4, 0.5) is 4.79 Å². The van der Waals surface area contributed by atoms with Crippen LogP contribution in [0.3, 0.4) is 0 Å². The third kappa shape index (κ3) is 2.82. The van der Waals surface area contributed by atoms with Crippen LogP contribution in [0, 0.1) is 13.8 Å². The third-order valence-electron chi connectivity index (χ3n) is 4.85. The molecule has 138 valence electrons. The Morgan fingerprint density at radius 3 is 2.54 bits per heavy atom. The number of benzene rings is 1. The predicted molar refractivity (Wildman–Crippen MR) is 97.2 cm³/mol. The molecule has 1 aliphatic heterocycles. The number of urea groups is 1. The number of methoxy groups -OCH3 is 1. The Labute approximate surface area is 156 Å². The van der Waals surface area contributed by atoms with Crippen LogP contribution < -0.4 is 10.1 Å². The molecule has 3 rings (SSSR count). The number of nitrogens with zero attached hydrogens (tertiary/aromatic N) is 3. The van der Waals surface area contributed by atoms with Gasteiger partial charge in [0.1, 0.15) is 11.8 Å². The van der Waals surface area contributed by atoms with Crippen LogP contribution in [0.15, 0.2) is 18.2 Å². The van der Waals surface area contributed by atoms with Gasteiger partial charge >= 0.3 is 6.03 Å². The van der Waals surface area contributed by atoms with Crippen molar-refractivity contribution in [2.24, 2.45) is 7.05 Å². The molecular weight excluding hydrogens is 356 g/mol. The summed E-state index contributed by atoms with van der Waals surface area (Å²) in [5.74, 6) is 0.199. The maximum Gasteiger partial charge on any atom is 0.325 e. The second-order valence-corrected chi connectivity index (χ2v) is 6.78. The van der Waals surface area contributed by atoms with Gasteiger partial charge in [-0.05, 0) is 38.5 Å². The van der Waals surface area contributed by atoms with Gasteiger partial charge in [-0.2, -0.15) is 5.10 Å². The first kappa shape index (κ1) is 18.3. The van der Waals surface area contributed by atoms with Crippen LogP contribution in [0.5, 0.6) is 5.75 Å². The van der Waals surface area contributed by atoms with E-state index in [9.17, 15) is 9.59 Å². The maximum atomic E-state index is 13.0. The van der Waals surface area contributed by atoms with E-state index < -0.39 is 18.1 Å². The van der Waals surface area contributed by atoms with Gasteiger partial charge in [-0.3, -0.25) is 14.4 Å². The van der Waals surface area contributed by atoms with Crippen LogP contribution >= 0.6 is 11.6 Å². The molecule has 1 saturated heterocycles. The summed E-state index contributed by atoms with van der Waals surface area (Å²) in [6.45, 7) is 5.63. The zero-order valence-corrected chi connectivity index (χ0v) is 16.1. The highest BCUT2D eigenvalue weighted by molar-refractivity contribution is 6.32. The molecule has 0 spiro atoms. The lowest BCUT2D eigenvalue weighted by Crippen LogP contribution is -2.34. The van der Waals surface area contributed by atoms with Crippen LogP contribution in [0.2, 0.25) is 5.02 Å². The Morgan fingerprint density at radius 2 is 2.00 bits per heavy atom. The van der Waals surface area contributed by atoms with Gasteiger partial charge in [-0.15, -0.1) is 0 Å². The molecule has 3 amide bonds. The Morgan fingerprint density at radius 1 is 1.31 bits per heavy atom. The fourth-order valence-electron chi connectivity index (χ4n) is 3.47. The molecule has 26 heavy (non-hydrogen) atoms. The van der Waals surface area contributed by atoms with Gasteiger partial charge in [0.25, 0.3) is 5.91 Å². The van der Waals surface area contributed by atoms with Crippen molar-refractivity contribution >= 4 is 23.5 Å². The zero-order valence-electron chi connectivity index (χ0n) is 15.3. The van der Waals surface area contributed by atoms with Crippen LogP contribution in [0.25, 0.3) is 0 Å². The second kappa shape index (κ2) is 6.64. The minimum absolute atomic E-state index is 0.314. The van der Waals surface area contributed by atoms with Crippen molar-refractivity contribution in [3.8, 4) is 5.75 Å². The molecular formula is C18H21ClN4O3. The number of hydrogen-bond donors (Lipinski definition) is 1. The number of carbonyl (C=O) groups is 2. The van der Waals surface area contributed by atoms with Gasteiger partial charge in [0.2, 0.25) is 0 Å². The van der Waals surface area contributed by atoms with E-state index in [2.05, 4.69) is 10.4 Å².